The molecule has 1 N–H and O–H groups in total. The highest BCUT2D eigenvalue weighted by Crippen LogP contribution is 2.48. The van der Waals surface area contributed by atoms with Crippen LogP contribution in [0.1, 0.15) is 47.1 Å². The van der Waals surface area contributed by atoms with E-state index in [0.29, 0.717) is 11.7 Å². The number of halogens is 2. The fraction of sp³-hybridized carbons (Fsp3) is 0.389. The van der Waals surface area contributed by atoms with Gasteiger partial charge in [0, 0.05) is 12.5 Å². The van der Waals surface area contributed by atoms with Crippen LogP contribution in [-0.2, 0) is 0 Å². The number of nitrogens with zero attached hydrogens (tertiary/aromatic N) is 1. The number of hydrogen-bond acceptors (Lipinski definition) is 5. The van der Waals surface area contributed by atoms with E-state index in [1.165, 1.54) is 18.2 Å². The standard InChI is InChI=1S/C18H16F2N2O4/c1-9-21-13(8-17(24)22-9)14(23)7-12(10-2-3-10)11-4-5-15-16(6-11)26-18(19,20)25-15/h4-6,8,10,12H,2-3,7H2,1H3,(H,21,22,24)/t12-/m1/s1. The van der Waals surface area contributed by atoms with E-state index in [1.807, 2.05) is 0 Å². The minimum atomic E-state index is -3.67. The summed E-state index contributed by atoms with van der Waals surface area (Å²) in [5.41, 5.74) is 0.473. The summed E-state index contributed by atoms with van der Waals surface area (Å²) >= 11 is 0. The van der Waals surface area contributed by atoms with E-state index in [-0.39, 0.29) is 40.9 Å². The maximum absolute atomic E-state index is 13.2. The summed E-state index contributed by atoms with van der Waals surface area (Å²) in [5.74, 6) is 0.213. The van der Waals surface area contributed by atoms with Crippen LogP contribution in [-0.4, -0.2) is 22.0 Å². The Hall–Kier alpha value is -2.77. The van der Waals surface area contributed by atoms with E-state index in [0.717, 1.165) is 18.4 Å². The van der Waals surface area contributed by atoms with E-state index < -0.39 is 6.29 Å². The van der Waals surface area contributed by atoms with Gasteiger partial charge < -0.3 is 14.5 Å². The molecule has 6 nitrogen and oxygen atoms in total. The first-order valence-corrected chi connectivity index (χ1v) is 8.32. The third-order valence-electron chi connectivity index (χ3n) is 4.60. The van der Waals surface area contributed by atoms with Crippen molar-refractivity contribution >= 4 is 5.78 Å². The van der Waals surface area contributed by atoms with Gasteiger partial charge in [-0.25, -0.2) is 4.98 Å². The van der Waals surface area contributed by atoms with Crippen molar-refractivity contribution in [2.24, 2.45) is 5.92 Å². The van der Waals surface area contributed by atoms with Gasteiger partial charge in [0.2, 0.25) is 0 Å². The molecule has 26 heavy (non-hydrogen) atoms. The fourth-order valence-electron chi connectivity index (χ4n) is 3.28. The number of benzene rings is 1. The molecule has 4 rings (SSSR count). The van der Waals surface area contributed by atoms with Gasteiger partial charge in [0.25, 0.3) is 5.56 Å². The van der Waals surface area contributed by atoms with Crippen molar-refractivity contribution in [1.29, 1.82) is 0 Å². The number of carbonyl (C=O) groups is 1. The van der Waals surface area contributed by atoms with Crippen LogP contribution in [0.15, 0.2) is 29.1 Å². The molecule has 136 valence electrons. The van der Waals surface area contributed by atoms with Crippen LogP contribution < -0.4 is 15.0 Å². The number of Topliss-reactive ketones (excluding diaryl/α,β-unsaturated/α-hetero) is 1. The molecule has 0 spiro atoms. The third kappa shape index (κ3) is 3.31. The average molecular weight is 362 g/mol. The molecule has 1 atom stereocenters. The number of carbonyl (C=O) groups excluding carboxylic acids is 1. The van der Waals surface area contributed by atoms with Crippen molar-refractivity contribution in [3.8, 4) is 11.5 Å². The number of fused-ring (bicyclic) bond motifs is 1. The summed E-state index contributed by atoms with van der Waals surface area (Å²) < 4.78 is 35.3. The lowest BCUT2D eigenvalue weighted by atomic mass is 9.88. The molecule has 1 saturated carbocycles. The minimum Gasteiger partial charge on any atom is -0.395 e. The summed E-state index contributed by atoms with van der Waals surface area (Å²) in [5, 5.41) is 0. The third-order valence-corrected chi connectivity index (χ3v) is 4.60. The highest BCUT2D eigenvalue weighted by Gasteiger charge is 2.44. The molecule has 0 radical (unpaired) electrons. The lowest BCUT2D eigenvalue weighted by Gasteiger charge is -2.16. The summed E-state index contributed by atoms with van der Waals surface area (Å²) in [6.45, 7) is 1.61. The number of rotatable bonds is 5. The van der Waals surface area contributed by atoms with Gasteiger partial charge in [0.05, 0.1) is 0 Å². The minimum absolute atomic E-state index is 0.0218. The molecule has 2 aromatic rings. The quantitative estimate of drug-likeness (QED) is 0.827. The van der Waals surface area contributed by atoms with Crippen LogP contribution in [0.25, 0.3) is 0 Å². The first kappa shape index (κ1) is 16.7. The Morgan fingerprint density at radius 2 is 2.04 bits per heavy atom. The summed E-state index contributed by atoms with van der Waals surface area (Å²) in [6.07, 6.45) is -1.59. The van der Waals surface area contributed by atoms with Gasteiger partial charge in [0.15, 0.2) is 17.3 Å². The predicted octanol–water partition coefficient (Wildman–Crippen LogP) is 3.17. The lowest BCUT2D eigenvalue weighted by Crippen LogP contribution is -2.25. The molecule has 0 bridgehead atoms. The molecular weight excluding hydrogens is 346 g/mol. The Morgan fingerprint density at radius 1 is 1.31 bits per heavy atom. The van der Waals surface area contributed by atoms with E-state index in [9.17, 15) is 18.4 Å². The van der Waals surface area contributed by atoms with Gasteiger partial charge in [-0.05, 0) is 49.3 Å². The zero-order valence-corrected chi connectivity index (χ0v) is 13.9. The maximum Gasteiger partial charge on any atom is 0.586 e. The van der Waals surface area contributed by atoms with Crippen LogP contribution in [0.4, 0.5) is 8.78 Å². The molecular formula is C18H16F2N2O4. The van der Waals surface area contributed by atoms with Crippen molar-refractivity contribution in [3.05, 3.63) is 51.7 Å². The Morgan fingerprint density at radius 3 is 2.73 bits per heavy atom. The largest absolute Gasteiger partial charge is 0.586 e. The number of aromatic nitrogens is 2. The van der Waals surface area contributed by atoms with Gasteiger partial charge in [-0.15, -0.1) is 8.78 Å². The zero-order valence-electron chi connectivity index (χ0n) is 13.9. The van der Waals surface area contributed by atoms with Crippen molar-refractivity contribution in [1.82, 2.24) is 9.97 Å². The van der Waals surface area contributed by atoms with Crippen molar-refractivity contribution in [2.75, 3.05) is 0 Å². The Balaban J connectivity index is 1.59. The van der Waals surface area contributed by atoms with Gasteiger partial charge in [0.1, 0.15) is 11.5 Å². The number of aryl methyl sites for hydroxylation is 1. The van der Waals surface area contributed by atoms with Crippen LogP contribution in [0.5, 0.6) is 11.5 Å². The van der Waals surface area contributed by atoms with Gasteiger partial charge in [-0.1, -0.05) is 6.07 Å². The SMILES string of the molecule is Cc1nc(C(=O)C[C@@H](c2ccc3c(c2)OC(F)(F)O3)C2CC2)cc(=O)[nH]1. The highest BCUT2D eigenvalue weighted by molar-refractivity contribution is 5.94. The van der Waals surface area contributed by atoms with E-state index >= 15 is 0 Å². The number of ketones is 1. The molecule has 1 fully saturated rings. The van der Waals surface area contributed by atoms with E-state index in [1.54, 1.807) is 13.0 Å². The first-order valence-electron chi connectivity index (χ1n) is 8.32. The number of hydrogen-bond donors (Lipinski definition) is 1. The Kier molecular flexibility index (Phi) is 3.78. The van der Waals surface area contributed by atoms with E-state index in [2.05, 4.69) is 19.4 Å². The topological polar surface area (TPSA) is 81.3 Å². The Bertz CT molecular complexity index is 937. The lowest BCUT2D eigenvalue weighted by molar-refractivity contribution is -0.286. The zero-order chi connectivity index (χ0) is 18.5. The highest BCUT2D eigenvalue weighted by atomic mass is 19.3. The smallest absolute Gasteiger partial charge is 0.395 e. The van der Waals surface area contributed by atoms with Crippen LogP contribution in [0.3, 0.4) is 0 Å². The number of nitrogens with one attached hydrogen (secondary N) is 1. The molecule has 2 aliphatic rings. The van der Waals surface area contributed by atoms with Crippen molar-refractivity contribution < 1.29 is 23.0 Å². The normalized spacial score (nSPS) is 18.6. The van der Waals surface area contributed by atoms with Gasteiger partial charge >= 0.3 is 6.29 Å². The van der Waals surface area contributed by atoms with Crippen LogP contribution in [0.2, 0.25) is 0 Å². The number of alkyl halides is 2. The van der Waals surface area contributed by atoms with Crippen molar-refractivity contribution in [3.63, 3.8) is 0 Å². The Labute approximate surface area is 147 Å². The number of H-pyrrole nitrogens is 1. The van der Waals surface area contributed by atoms with Crippen molar-refractivity contribution in [2.45, 2.75) is 38.4 Å². The maximum atomic E-state index is 13.2. The molecule has 1 aromatic heterocycles. The van der Waals surface area contributed by atoms with Gasteiger partial charge in [-0.3, -0.25) is 9.59 Å². The summed E-state index contributed by atoms with van der Waals surface area (Å²) in [6, 6.07) is 5.79. The number of ether oxygens (including phenoxy) is 2. The average Bonchev–Trinajstić information content (AvgIpc) is 3.32. The molecule has 0 saturated heterocycles. The summed E-state index contributed by atoms with van der Waals surface area (Å²) in [4.78, 5) is 30.8. The second kappa shape index (κ2) is 5.89. The molecule has 1 aliphatic heterocycles. The van der Waals surface area contributed by atoms with E-state index in [4.69, 9.17) is 0 Å². The monoisotopic (exact) mass is 362 g/mol. The second-order valence-electron chi connectivity index (χ2n) is 6.66. The molecule has 2 heterocycles. The molecule has 1 aromatic carbocycles. The second-order valence-corrected chi connectivity index (χ2v) is 6.66. The van der Waals surface area contributed by atoms with Gasteiger partial charge in [-0.2, -0.15) is 0 Å². The summed E-state index contributed by atoms with van der Waals surface area (Å²) in [7, 11) is 0. The van der Waals surface area contributed by atoms with Crippen LogP contribution >= 0.6 is 0 Å². The molecule has 0 unspecified atom stereocenters. The first-order chi connectivity index (χ1) is 12.3. The fourth-order valence-corrected chi connectivity index (χ4v) is 3.28. The predicted molar refractivity (Wildman–Crippen MR) is 86.7 cm³/mol. The molecule has 1 aliphatic carbocycles. The van der Waals surface area contributed by atoms with Crippen LogP contribution in [0, 0.1) is 12.8 Å². The number of aromatic amines is 1. The molecule has 8 heteroatoms. The molecule has 0 amide bonds.